The lowest BCUT2D eigenvalue weighted by atomic mass is 9.88. The molecule has 2 aliphatic rings. The SMILES string of the molecule is NC1CCC(=O)N(C2CC2)C1c1cncc2ccccc12. The zero-order valence-electron chi connectivity index (χ0n) is 11.9. The van der Waals surface area contributed by atoms with E-state index in [0.717, 1.165) is 35.6 Å². The van der Waals surface area contributed by atoms with Crippen LogP contribution in [0.15, 0.2) is 36.7 Å². The molecule has 1 aromatic heterocycles. The molecule has 1 aliphatic carbocycles. The summed E-state index contributed by atoms with van der Waals surface area (Å²) in [6.45, 7) is 0. The second kappa shape index (κ2) is 4.81. The highest BCUT2D eigenvalue weighted by Crippen LogP contribution is 2.41. The summed E-state index contributed by atoms with van der Waals surface area (Å²) >= 11 is 0. The first-order valence-corrected chi connectivity index (χ1v) is 7.65. The number of rotatable bonds is 2. The predicted octanol–water partition coefficient (Wildman–Crippen LogP) is 2.39. The maximum Gasteiger partial charge on any atom is 0.223 e. The highest BCUT2D eigenvalue weighted by Gasteiger charge is 2.43. The molecule has 4 rings (SSSR count). The molecular formula is C17H19N3O. The van der Waals surface area contributed by atoms with Crippen LogP contribution in [0.25, 0.3) is 10.8 Å². The molecule has 1 saturated carbocycles. The van der Waals surface area contributed by atoms with Crippen molar-refractivity contribution >= 4 is 16.7 Å². The highest BCUT2D eigenvalue weighted by molar-refractivity contribution is 5.86. The number of piperidine rings is 1. The van der Waals surface area contributed by atoms with E-state index in [4.69, 9.17) is 5.73 Å². The van der Waals surface area contributed by atoms with Crippen LogP contribution in [0.5, 0.6) is 0 Å². The van der Waals surface area contributed by atoms with Gasteiger partial charge < -0.3 is 10.6 Å². The van der Waals surface area contributed by atoms with Gasteiger partial charge in [-0.2, -0.15) is 0 Å². The van der Waals surface area contributed by atoms with E-state index >= 15 is 0 Å². The van der Waals surface area contributed by atoms with Gasteiger partial charge in [-0.25, -0.2) is 0 Å². The van der Waals surface area contributed by atoms with Crippen LogP contribution in [0.4, 0.5) is 0 Å². The van der Waals surface area contributed by atoms with Gasteiger partial charge in [-0.15, -0.1) is 0 Å². The lowest BCUT2D eigenvalue weighted by Crippen LogP contribution is -2.49. The Kier molecular flexibility index (Phi) is 2.93. The number of amides is 1. The molecule has 108 valence electrons. The average molecular weight is 281 g/mol. The number of aromatic nitrogens is 1. The minimum absolute atomic E-state index is 0.00379. The van der Waals surface area contributed by atoms with Crippen molar-refractivity contribution in [1.29, 1.82) is 0 Å². The summed E-state index contributed by atoms with van der Waals surface area (Å²) in [7, 11) is 0. The van der Waals surface area contributed by atoms with Crippen LogP contribution >= 0.6 is 0 Å². The summed E-state index contributed by atoms with van der Waals surface area (Å²) in [4.78, 5) is 18.8. The normalized spacial score (nSPS) is 26.3. The van der Waals surface area contributed by atoms with E-state index < -0.39 is 0 Å². The minimum atomic E-state index is -0.0302. The van der Waals surface area contributed by atoms with Crippen LogP contribution in [0, 0.1) is 0 Å². The molecule has 1 aromatic carbocycles. The fraction of sp³-hybridized carbons (Fsp3) is 0.412. The third kappa shape index (κ3) is 2.10. The van der Waals surface area contributed by atoms with Crippen molar-refractivity contribution in [3.05, 3.63) is 42.2 Å². The third-order valence-electron chi connectivity index (χ3n) is 4.64. The summed E-state index contributed by atoms with van der Waals surface area (Å²) in [6, 6.07) is 8.55. The molecule has 2 atom stereocenters. The number of nitrogens with two attached hydrogens (primary N) is 1. The Balaban J connectivity index is 1.86. The molecule has 0 bridgehead atoms. The lowest BCUT2D eigenvalue weighted by Gasteiger charge is -2.40. The van der Waals surface area contributed by atoms with Gasteiger partial charge in [0.05, 0.1) is 6.04 Å². The first-order valence-electron chi connectivity index (χ1n) is 7.65. The zero-order valence-corrected chi connectivity index (χ0v) is 11.9. The number of carbonyl (C=O) groups excluding carboxylic acids is 1. The summed E-state index contributed by atoms with van der Waals surface area (Å²) in [5.41, 5.74) is 7.50. The Morgan fingerprint density at radius 2 is 1.95 bits per heavy atom. The molecule has 2 unspecified atom stereocenters. The van der Waals surface area contributed by atoms with Gasteiger partial charge in [0, 0.05) is 41.8 Å². The first kappa shape index (κ1) is 12.8. The molecule has 2 N–H and O–H groups in total. The lowest BCUT2D eigenvalue weighted by molar-refractivity contribution is -0.138. The van der Waals surface area contributed by atoms with E-state index in [-0.39, 0.29) is 18.0 Å². The molecule has 21 heavy (non-hydrogen) atoms. The van der Waals surface area contributed by atoms with Gasteiger partial charge in [-0.1, -0.05) is 24.3 Å². The summed E-state index contributed by atoms with van der Waals surface area (Å²) in [6.07, 6.45) is 7.31. The molecular weight excluding hydrogens is 262 g/mol. The van der Waals surface area contributed by atoms with Crippen molar-refractivity contribution < 1.29 is 4.79 Å². The van der Waals surface area contributed by atoms with Gasteiger partial charge in [0.25, 0.3) is 0 Å². The quantitative estimate of drug-likeness (QED) is 0.919. The number of nitrogens with zero attached hydrogens (tertiary/aromatic N) is 2. The smallest absolute Gasteiger partial charge is 0.223 e. The van der Waals surface area contributed by atoms with Crippen molar-refractivity contribution in [3.8, 4) is 0 Å². The number of likely N-dealkylation sites (tertiary alicyclic amines) is 1. The van der Waals surface area contributed by atoms with Crippen LogP contribution in [-0.4, -0.2) is 27.9 Å². The molecule has 2 heterocycles. The monoisotopic (exact) mass is 281 g/mol. The summed E-state index contributed by atoms with van der Waals surface area (Å²) < 4.78 is 0. The van der Waals surface area contributed by atoms with E-state index in [1.54, 1.807) is 0 Å². The molecule has 4 nitrogen and oxygen atoms in total. The first-order chi connectivity index (χ1) is 10.3. The molecule has 2 fully saturated rings. The largest absolute Gasteiger partial charge is 0.331 e. The second-order valence-corrected chi connectivity index (χ2v) is 6.13. The Morgan fingerprint density at radius 1 is 1.14 bits per heavy atom. The van der Waals surface area contributed by atoms with Crippen LogP contribution in [0.3, 0.4) is 0 Å². The fourth-order valence-electron chi connectivity index (χ4n) is 3.48. The third-order valence-corrected chi connectivity index (χ3v) is 4.64. The van der Waals surface area contributed by atoms with Gasteiger partial charge >= 0.3 is 0 Å². The van der Waals surface area contributed by atoms with Crippen LogP contribution in [0.1, 0.15) is 37.3 Å². The number of hydrogen-bond donors (Lipinski definition) is 1. The maximum atomic E-state index is 12.4. The van der Waals surface area contributed by atoms with Crippen molar-refractivity contribution in [1.82, 2.24) is 9.88 Å². The van der Waals surface area contributed by atoms with Crippen LogP contribution in [0.2, 0.25) is 0 Å². The Morgan fingerprint density at radius 3 is 2.76 bits per heavy atom. The number of benzene rings is 1. The molecule has 4 heteroatoms. The van der Waals surface area contributed by atoms with Crippen LogP contribution in [-0.2, 0) is 4.79 Å². The maximum absolute atomic E-state index is 12.4. The van der Waals surface area contributed by atoms with Gasteiger partial charge in [0.2, 0.25) is 5.91 Å². The molecule has 1 aliphatic heterocycles. The van der Waals surface area contributed by atoms with E-state index in [1.807, 2.05) is 29.4 Å². The fourth-order valence-corrected chi connectivity index (χ4v) is 3.48. The van der Waals surface area contributed by atoms with E-state index in [9.17, 15) is 4.79 Å². The van der Waals surface area contributed by atoms with Crippen molar-refractivity contribution in [2.24, 2.45) is 5.73 Å². The predicted molar refractivity (Wildman–Crippen MR) is 81.6 cm³/mol. The standard InChI is InChI=1S/C17H19N3O/c18-15-7-8-16(21)20(12-5-6-12)17(15)14-10-19-9-11-3-1-2-4-13(11)14/h1-4,9-10,12,15,17H,5-8,18H2. The molecule has 1 saturated heterocycles. The molecule has 1 amide bonds. The van der Waals surface area contributed by atoms with Gasteiger partial charge in [0.15, 0.2) is 0 Å². The Bertz CT molecular complexity index is 690. The topological polar surface area (TPSA) is 59.2 Å². The summed E-state index contributed by atoms with van der Waals surface area (Å²) in [5.74, 6) is 0.247. The second-order valence-electron chi connectivity index (χ2n) is 6.13. The van der Waals surface area contributed by atoms with E-state index in [1.165, 1.54) is 0 Å². The summed E-state index contributed by atoms with van der Waals surface area (Å²) in [5, 5.41) is 2.27. The number of fused-ring (bicyclic) bond motifs is 1. The van der Waals surface area contributed by atoms with Crippen LogP contribution < -0.4 is 5.73 Å². The number of hydrogen-bond acceptors (Lipinski definition) is 3. The number of pyridine rings is 1. The highest BCUT2D eigenvalue weighted by atomic mass is 16.2. The van der Waals surface area contributed by atoms with E-state index in [2.05, 4.69) is 17.1 Å². The minimum Gasteiger partial charge on any atom is -0.331 e. The number of carbonyl (C=O) groups is 1. The van der Waals surface area contributed by atoms with Crippen molar-refractivity contribution in [2.45, 2.75) is 43.8 Å². The Labute approximate surface area is 124 Å². The van der Waals surface area contributed by atoms with Gasteiger partial charge in [-0.3, -0.25) is 9.78 Å². The van der Waals surface area contributed by atoms with Crippen molar-refractivity contribution in [2.75, 3.05) is 0 Å². The van der Waals surface area contributed by atoms with Crippen molar-refractivity contribution in [3.63, 3.8) is 0 Å². The molecule has 0 spiro atoms. The molecule has 2 aromatic rings. The zero-order chi connectivity index (χ0) is 14.4. The Hall–Kier alpha value is -1.94. The molecule has 0 radical (unpaired) electrons. The van der Waals surface area contributed by atoms with E-state index in [0.29, 0.717) is 12.5 Å². The average Bonchev–Trinajstić information content (AvgIpc) is 3.33. The van der Waals surface area contributed by atoms with Gasteiger partial charge in [-0.05, 0) is 24.6 Å². The van der Waals surface area contributed by atoms with Gasteiger partial charge in [0.1, 0.15) is 0 Å².